The van der Waals surface area contributed by atoms with E-state index >= 15 is 0 Å². The Morgan fingerprint density at radius 3 is 2.76 bits per heavy atom. The lowest BCUT2D eigenvalue weighted by molar-refractivity contribution is 0.546. The highest BCUT2D eigenvalue weighted by atomic mass is 35.5. The first kappa shape index (κ1) is 14.2. The Hall–Kier alpha value is -1.78. The van der Waals surface area contributed by atoms with Crippen molar-refractivity contribution < 1.29 is 4.42 Å². The summed E-state index contributed by atoms with van der Waals surface area (Å²) in [5, 5.41) is 4.05. The van der Waals surface area contributed by atoms with E-state index in [2.05, 4.69) is 37.4 Å². The first-order valence-electron chi connectivity index (χ1n) is 6.64. The maximum atomic E-state index is 6.05. The maximum Gasteiger partial charge on any atom is 0.271 e. The molecular weight excluding hydrogens is 304 g/mol. The van der Waals surface area contributed by atoms with E-state index in [-0.39, 0.29) is 0 Å². The van der Waals surface area contributed by atoms with Gasteiger partial charge in [-0.15, -0.1) is 0 Å². The van der Waals surface area contributed by atoms with Crippen LogP contribution in [0.15, 0.2) is 40.8 Å². The first-order valence-corrected chi connectivity index (χ1v) is 7.43. The van der Waals surface area contributed by atoms with Gasteiger partial charge in [-0.1, -0.05) is 29.3 Å². The zero-order valence-electron chi connectivity index (χ0n) is 11.8. The van der Waals surface area contributed by atoms with E-state index in [4.69, 9.17) is 28.2 Å². The summed E-state index contributed by atoms with van der Waals surface area (Å²) in [6.07, 6.45) is 0. The fraction of sp³-hybridized carbons (Fsp3) is 0.188. The van der Waals surface area contributed by atoms with Crippen molar-refractivity contribution in [3.63, 3.8) is 0 Å². The number of aromatic nitrogens is 1. The van der Waals surface area contributed by atoms with E-state index in [0.717, 1.165) is 16.8 Å². The zero-order valence-corrected chi connectivity index (χ0v) is 13.4. The van der Waals surface area contributed by atoms with E-state index in [1.54, 1.807) is 6.07 Å². The Morgan fingerprint density at radius 1 is 1.19 bits per heavy atom. The first-order chi connectivity index (χ1) is 10.0. The number of anilines is 1. The van der Waals surface area contributed by atoms with Crippen molar-refractivity contribution in [3.05, 3.63) is 57.4 Å². The highest BCUT2D eigenvalue weighted by Gasteiger charge is 2.07. The number of hydrogen-bond donors (Lipinski definition) is 1. The SMILES string of the molecule is Cc1ccc(NCn2c(=S)oc3ccc(Cl)cc32)c(C)c1. The van der Waals surface area contributed by atoms with Crippen LogP contribution in [0, 0.1) is 18.7 Å². The molecule has 1 heterocycles. The molecule has 0 aliphatic rings. The van der Waals surface area contributed by atoms with E-state index in [1.165, 1.54) is 11.1 Å². The summed E-state index contributed by atoms with van der Waals surface area (Å²) in [4.78, 5) is 0.435. The largest absolute Gasteiger partial charge is 0.429 e. The van der Waals surface area contributed by atoms with Gasteiger partial charge in [-0.25, -0.2) is 0 Å². The van der Waals surface area contributed by atoms with Gasteiger partial charge in [0.25, 0.3) is 4.84 Å². The quantitative estimate of drug-likeness (QED) is 0.664. The molecule has 21 heavy (non-hydrogen) atoms. The van der Waals surface area contributed by atoms with Crippen LogP contribution in [0.4, 0.5) is 5.69 Å². The standard InChI is InChI=1S/C16H15ClN2OS/c1-10-3-5-13(11(2)7-10)18-9-19-14-8-12(17)4-6-15(14)20-16(19)21/h3-8,18H,9H2,1-2H3. The minimum absolute atomic E-state index is 0.435. The van der Waals surface area contributed by atoms with Crippen molar-refractivity contribution in [1.29, 1.82) is 0 Å². The second-order valence-corrected chi connectivity index (χ2v) is 5.85. The monoisotopic (exact) mass is 318 g/mol. The number of oxazole rings is 1. The molecule has 1 N–H and O–H groups in total. The molecule has 0 saturated carbocycles. The van der Waals surface area contributed by atoms with Gasteiger partial charge in [0.2, 0.25) is 0 Å². The normalized spacial score (nSPS) is 11.0. The van der Waals surface area contributed by atoms with Crippen LogP contribution in [-0.4, -0.2) is 4.57 Å². The van der Waals surface area contributed by atoms with Crippen molar-refractivity contribution in [3.8, 4) is 0 Å². The third kappa shape index (κ3) is 2.82. The molecule has 0 saturated heterocycles. The lowest BCUT2D eigenvalue weighted by Gasteiger charge is -2.11. The van der Waals surface area contributed by atoms with E-state index in [9.17, 15) is 0 Å². The molecule has 3 rings (SSSR count). The molecule has 0 aliphatic carbocycles. The molecule has 0 bridgehead atoms. The Kier molecular flexibility index (Phi) is 3.74. The van der Waals surface area contributed by atoms with Gasteiger partial charge < -0.3 is 9.73 Å². The molecule has 5 heteroatoms. The molecule has 3 nitrogen and oxygen atoms in total. The highest BCUT2D eigenvalue weighted by Crippen LogP contribution is 2.22. The molecule has 2 aromatic carbocycles. The Bertz CT molecular complexity index is 866. The predicted molar refractivity (Wildman–Crippen MR) is 89.6 cm³/mol. The van der Waals surface area contributed by atoms with Crippen molar-refractivity contribution in [2.75, 3.05) is 5.32 Å². The summed E-state index contributed by atoms with van der Waals surface area (Å²) < 4.78 is 7.47. The van der Waals surface area contributed by atoms with Gasteiger partial charge >= 0.3 is 0 Å². The molecule has 0 radical (unpaired) electrons. The lowest BCUT2D eigenvalue weighted by Crippen LogP contribution is -2.08. The molecule has 108 valence electrons. The number of aryl methyl sites for hydroxylation is 2. The Labute approximate surface area is 133 Å². The van der Waals surface area contributed by atoms with Gasteiger partial charge in [0.05, 0.1) is 12.2 Å². The fourth-order valence-electron chi connectivity index (χ4n) is 2.36. The molecule has 0 fully saturated rings. The molecule has 1 aromatic heterocycles. The van der Waals surface area contributed by atoms with Crippen LogP contribution in [-0.2, 0) is 6.67 Å². The summed E-state index contributed by atoms with van der Waals surface area (Å²) in [6.45, 7) is 4.70. The van der Waals surface area contributed by atoms with Gasteiger partial charge in [-0.2, -0.15) is 0 Å². The summed E-state index contributed by atoms with van der Waals surface area (Å²) in [5.41, 5.74) is 5.16. The maximum absolute atomic E-state index is 6.05. The van der Waals surface area contributed by atoms with Crippen LogP contribution in [0.5, 0.6) is 0 Å². The highest BCUT2D eigenvalue weighted by molar-refractivity contribution is 7.71. The smallest absolute Gasteiger partial charge is 0.271 e. The van der Waals surface area contributed by atoms with E-state index < -0.39 is 0 Å². The average Bonchev–Trinajstić information content (AvgIpc) is 2.73. The molecule has 0 aliphatic heterocycles. The van der Waals surface area contributed by atoms with Crippen LogP contribution >= 0.6 is 23.8 Å². The van der Waals surface area contributed by atoms with Crippen molar-refractivity contribution >= 4 is 40.6 Å². The number of halogens is 1. The molecule has 0 unspecified atom stereocenters. The van der Waals surface area contributed by atoms with Crippen LogP contribution in [0.2, 0.25) is 5.02 Å². The number of nitrogens with one attached hydrogen (secondary N) is 1. The van der Waals surface area contributed by atoms with Crippen LogP contribution in [0.3, 0.4) is 0 Å². The summed E-state index contributed by atoms with van der Waals surface area (Å²) in [7, 11) is 0. The van der Waals surface area contributed by atoms with Crippen molar-refractivity contribution in [1.82, 2.24) is 4.57 Å². The van der Waals surface area contributed by atoms with Gasteiger partial charge in [-0.3, -0.25) is 4.57 Å². The zero-order chi connectivity index (χ0) is 15.0. The predicted octanol–water partition coefficient (Wildman–Crippen LogP) is 5.30. The van der Waals surface area contributed by atoms with Gasteiger partial charge in [0.1, 0.15) is 0 Å². The molecule has 0 spiro atoms. The molecule has 0 amide bonds. The lowest BCUT2D eigenvalue weighted by atomic mass is 10.1. The third-order valence-corrected chi connectivity index (χ3v) is 3.98. The van der Waals surface area contributed by atoms with Crippen LogP contribution < -0.4 is 5.32 Å². The minimum Gasteiger partial charge on any atom is -0.429 e. The number of fused-ring (bicyclic) bond motifs is 1. The van der Waals surface area contributed by atoms with Crippen molar-refractivity contribution in [2.24, 2.45) is 0 Å². The third-order valence-electron chi connectivity index (χ3n) is 3.44. The van der Waals surface area contributed by atoms with Gasteiger partial charge in [0.15, 0.2) is 5.58 Å². The minimum atomic E-state index is 0.435. The van der Waals surface area contributed by atoms with Crippen LogP contribution in [0.25, 0.3) is 11.1 Å². The fourth-order valence-corrected chi connectivity index (χ4v) is 2.78. The molecular formula is C16H15ClN2OS. The topological polar surface area (TPSA) is 30.1 Å². The molecule has 3 aromatic rings. The summed E-state index contributed by atoms with van der Waals surface area (Å²) in [5.74, 6) is 0. The summed E-state index contributed by atoms with van der Waals surface area (Å²) in [6, 6.07) is 11.8. The van der Waals surface area contributed by atoms with E-state index in [0.29, 0.717) is 16.5 Å². The number of nitrogens with zero attached hydrogens (tertiary/aromatic N) is 1. The van der Waals surface area contributed by atoms with Gasteiger partial charge in [-0.05, 0) is 55.9 Å². The second kappa shape index (κ2) is 5.54. The second-order valence-electron chi connectivity index (χ2n) is 5.06. The van der Waals surface area contributed by atoms with Gasteiger partial charge in [0, 0.05) is 10.7 Å². The van der Waals surface area contributed by atoms with Crippen molar-refractivity contribution in [2.45, 2.75) is 20.5 Å². The summed E-state index contributed by atoms with van der Waals surface area (Å²) >= 11 is 11.3. The molecule has 0 atom stereocenters. The number of rotatable bonds is 3. The van der Waals surface area contributed by atoms with E-state index in [1.807, 2.05) is 16.7 Å². The Balaban J connectivity index is 1.93. The average molecular weight is 319 g/mol. The Morgan fingerprint density at radius 2 is 2.00 bits per heavy atom. The van der Waals surface area contributed by atoms with Crippen LogP contribution in [0.1, 0.15) is 11.1 Å². The number of benzene rings is 2. The number of hydrogen-bond acceptors (Lipinski definition) is 3.